The first-order chi connectivity index (χ1) is 4.00. The molecule has 0 bridgehead atoms. The van der Waals surface area contributed by atoms with Gasteiger partial charge in [-0.1, -0.05) is 0 Å². The van der Waals surface area contributed by atoms with Crippen molar-refractivity contribution in [2.75, 3.05) is 0 Å². The van der Waals surface area contributed by atoms with Gasteiger partial charge in [-0.05, 0) is 0 Å². The Labute approximate surface area is 145 Å². The Balaban J connectivity index is -0.00000000970. The second-order valence-electron chi connectivity index (χ2n) is 0.894. The van der Waals surface area contributed by atoms with Crippen molar-refractivity contribution >= 4 is 98.2 Å². The van der Waals surface area contributed by atoms with Gasteiger partial charge in [0, 0.05) is 0 Å². The summed E-state index contributed by atoms with van der Waals surface area (Å²) in [4.78, 5) is 0. The van der Waals surface area contributed by atoms with E-state index in [4.69, 9.17) is 32.1 Å². The zero-order chi connectivity index (χ0) is 9.00. The van der Waals surface area contributed by atoms with Gasteiger partial charge in [0.2, 0.25) is 0 Å². The maximum absolute atomic E-state index is 8.61. The van der Waals surface area contributed by atoms with Crippen LogP contribution in [0.1, 0.15) is 0 Å². The van der Waals surface area contributed by atoms with E-state index in [1.165, 1.54) is 0 Å². The molecule has 0 saturated carbocycles. The SMILES string of the molecule is O.O.O.O=[As]([O-])([O-])[O-].O=[As]([O-])([O-])[O-].[Mg+2].[Mg+2].[Mg+2]. The second kappa shape index (κ2) is 22.8. The summed E-state index contributed by atoms with van der Waals surface area (Å²) in [6.07, 6.45) is 0. The average Bonchev–Trinajstić information content (AvgIpc) is 1.12. The molecule has 0 aromatic carbocycles. The molecule has 16 heavy (non-hydrogen) atoms. The van der Waals surface area contributed by atoms with Gasteiger partial charge in [-0.3, -0.25) is 0 Å². The minimum absolute atomic E-state index is 0. The van der Waals surface area contributed by atoms with E-state index in [2.05, 4.69) is 0 Å². The number of hydrogen-bond acceptors (Lipinski definition) is 8. The molecule has 0 fully saturated rings. The van der Waals surface area contributed by atoms with Gasteiger partial charge in [-0.2, -0.15) is 0 Å². The van der Waals surface area contributed by atoms with Crippen LogP contribution < -0.4 is 24.6 Å². The molecule has 0 radical (unpaired) electrons. The number of rotatable bonds is 0. The molecule has 0 atom stereocenters. The molecular formula is H6As2Mg3O11. The largest absolute Gasteiger partial charge is 2.00 e. The van der Waals surface area contributed by atoms with E-state index in [-0.39, 0.29) is 85.6 Å². The van der Waals surface area contributed by atoms with Gasteiger partial charge in [0.25, 0.3) is 0 Å². The normalized spacial score (nSPS) is 7.38. The average molecular weight is 405 g/mol. The quantitative estimate of drug-likeness (QED) is 0.348. The molecule has 0 saturated heterocycles. The third kappa shape index (κ3) is 579. The molecule has 0 heterocycles. The summed E-state index contributed by atoms with van der Waals surface area (Å²) in [5.41, 5.74) is 0. The predicted molar refractivity (Wildman–Crippen MR) is 41.0 cm³/mol. The molecule has 0 rings (SSSR count). The van der Waals surface area contributed by atoms with E-state index in [9.17, 15) is 0 Å². The van der Waals surface area contributed by atoms with Crippen LogP contribution in [0, 0.1) is 0 Å². The van der Waals surface area contributed by atoms with Crippen LogP contribution >= 0.6 is 0 Å². The molecule has 16 heteroatoms. The van der Waals surface area contributed by atoms with Crippen molar-refractivity contribution in [1.29, 1.82) is 0 Å². The van der Waals surface area contributed by atoms with Crippen molar-refractivity contribution in [1.82, 2.24) is 0 Å². The van der Waals surface area contributed by atoms with Gasteiger partial charge in [0.05, 0.1) is 0 Å². The van der Waals surface area contributed by atoms with Crippen molar-refractivity contribution in [2.24, 2.45) is 0 Å². The topological polar surface area (TPSA) is 267 Å². The summed E-state index contributed by atoms with van der Waals surface area (Å²) in [5, 5.41) is 0. The predicted octanol–water partition coefficient (Wildman–Crippen LogP) is -11.7. The minimum atomic E-state index is -5.88. The summed E-state index contributed by atoms with van der Waals surface area (Å²) in [6, 6.07) is 0. The third-order valence-electron chi connectivity index (χ3n) is 0. The molecule has 0 aliphatic heterocycles. The minimum Gasteiger partial charge on any atom is 2.00 e. The molecule has 0 spiro atoms. The molecule has 0 aliphatic rings. The van der Waals surface area contributed by atoms with E-state index in [1.807, 2.05) is 0 Å². The van der Waals surface area contributed by atoms with Gasteiger partial charge >= 0.3 is 130 Å². The summed E-state index contributed by atoms with van der Waals surface area (Å²) >= 11 is -11.8. The Kier molecular flexibility index (Phi) is 73.0. The van der Waals surface area contributed by atoms with Crippen LogP contribution in [0.3, 0.4) is 0 Å². The van der Waals surface area contributed by atoms with Crippen LogP contribution in [0.25, 0.3) is 0 Å². The van der Waals surface area contributed by atoms with Gasteiger partial charge in [0.15, 0.2) is 0 Å². The Morgan fingerprint density at radius 3 is 0.500 bits per heavy atom. The summed E-state index contributed by atoms with van der Waals surface area (Å²) in [7, 11) is 0. The fourth-order valence-corrected chi connectivity index (χ4v) is 0. The summed E-state index contributed by atoms with van der Waals surface area (Å²) < 4.78 is 68.9. The number of hydrogen-bond donors (Lipinski definition) is 0. The van der Waals surface area contributed by atoms with Crippen LogP contribution in [0.15, 0.2) is 0 Å². The maximum atomic E-state index is 8.61. The zero-order valence-electron chi connectivity index (χ0n) is 7.78. The summed E-state index contributed by atoms with van der Waals surface area (Å²) in [5.74, 6) is 0. The first kappa shape index (κ1) is 51.2. The molecule has 0 amide bonds. The standard InChI is InChI=1S/2AsH3O4.3Mg.3H2O/c2*2-1(3,4)5;;;;;;/h2*(H3,2,3,4,5);;;;3*1H2/q;;3*+2;;;/p-6. The Bertz CT molecular complexity index is 132. The monoisotopic (exact) mass is 404 g/mol. The first-order valence-electron chi connectivity index (χ1n) is 1.46. The molecule has 0 aromatic rings. The van der Waals surface area contributed by atoms with Gasteiger partial charge in [0.1, 0.15) is 0 Å². The molecular weight excluding hydrogens is 399 g/mol. The molecule has 0 aliphatic carbocycles. The van der Waals surface area contributed by atoms with E-state index in [1.54, 1.807) is 0 Å². The van der Waals surface area contributed by atoms with Gasteiger partial charge < -0.3 is 16.4 Å². The van der Waals surface area contributed by atoms with Gasteiger partial charge in [-0.25, -0.2) is 0 Å². The van der Waals surface area contributed by atoms with E-state index < -0.39 is 29.0 Å². The third-order valence-corrected chi connectivity index (χ3v) is 0. The zero-order valence-corrected chi connectivity index (χ0v) is 15.8. The van der Waals surface area contributed by atoms with Crippen LogP contribution in [-0.4, -0.2) is 115 Å². The van der Waals surface area contributed by atoms with Crippen LogP contribution in [0.4, 0.5) is 0 Å². The fourth-order valence-electron chi connectivity index (χ4n) is 0. The van der Waals surface area contributed by atoms with Crippen molar-refractivity contribution < 1.29 is 48.5 Å². The van der Waals surface area contributed by atoms with Crippen molar-refractivity contribution in [3.05, 3.63) is 0 Å². The van der Waals surface area contributed by atoms with Crippen LogP contribution in [0.5, 0.6) is 0 Å². The molecule has 0 unspecified atom stereocenters. The Hall–Kier alpha value is 2.66. The summed E-state index contributed by atoms with van der Waals surface area (Å²) in [6.45, 7) is 0. The first-order valence-corrected chi connectivity index (χ1v) is 7.59. The van der Waals surface area contributed by atoms with E-state index in [0.29, 0.717) is 0 Å². The van der Waals surface area contributed by atoms with Crippen molar-refractivity contribution in [2.45, 2.75) is 0 Å². The Morgan fingerprint density at radius 1 is 0.500 bits per heavy atom. The van der Waals surface area contributed by atoms with Crippen molar-refractivity contribution in [3.8, 4) is 0 Å². The molecule has 0 aromatic heterocycles. The van der Waals surface area contributed by atoms with Crippen LogP contribution in [-0.2, 0) is 7.48 Å². The van der Waals surface area contributed by atoms with Crippen molar-refractivity contribution in [3.63, 3.8) is 0 Å². The maximum Gasteiger partial charge on any atom is 2.00 e. The van der Waals surface area contributed by atoms with Crippen LogP contribution in [0.2, 0.25) is 0 Å². The molecule has 6 N–H and O–H groups in total. The fraction of sp³-hybridized carbons (Fsp3) is 0. The second-order valence-corrected chi connectivity index (χ2v) is 4.65. The smallest absolute Gasteiger partial charge is 2.00 e. The molecule has 11 nitrogen and oxygen atoms in total. The molecule has 88 valence electrons. The Morgan fingerprint density at radius 2 is 0.500 bits per heavy atom. The van der Waals surface area contributed by atoms with Gasteiger partial charge in [-0.15, -0.1) is 0 Å². The van der Waals surface area contributed by atoms with E-state index >= 15 is 0 Å². The van der Waals surface area contributed by atoms with E-state index in [0.717, 1.165) is 0 Å².